The topological polar surface area (TPSA) is 44.8 Å². The molecule has 0 aliphatic rings. The van der Waals surface area contributed by atoms with Crippen LogP contribution in [0, 0.1) is 0 Å². The van der Waals surface area contributed by atoms with E-state index in [1.54, 1.807) is 6.08 Å². The van der Waals surface area contributed by atoms with Gasteiger partial charge in [0.1, 0.15) is 17.2 Å². The van der Waals surface area contributed by atoms with E-state index in [2.05, 4.69) is 20.8 Å². The van der Waals surface area contributed by atoms with E-state index in [4.69, 9.17) is 14.2 Å². The molecule has 2 aromatic rings. The van der Waals surface area contributed by atoms with E-state index in [1.807, 2.05) is 48.5 Å². The van der Waals surface area contributed by atoms with Crippen LogP contribution in [0.3, 0.4) is 0 Å². The molecular weight excluding hydrogens is 424 g/mol. The van der Waals surface area contributed by atoms with E-state index in [9.17, 15) is 4.79 Å². The Morgan fingerprint density at radius 3 is 1.91 bits per heavy atom. The quantitative estimate of drug-likeness (QED) is 0.126. The lowest BCUT2D eigenvalue weighted by molar-refractivity contribution is 0.104. The zero-order chi connectivity index (χ0) is 24.4. The van der Waals surface area contributed by atoms with E-state index in [1.165, 1.54) is 0 Å². The van der Waals surface area contributed by atoms with Crippen LogP contribution in [0.2, 0.25) is 0 Å². The van der Waals surface area contributed by atoms with Crippen LogP contribution >= 0.6 is 0 Å². The van der Waals surface area contributed by atoms with Crippen LogP contribution in [0.15, 0.2) is 48.5 Å². The molecule has 0 saturated carbocycles. The Kier molecular flexibility index (Phi) is 13.6. The Bertz CT molecular complexity index is 872. The highest BCUT2D eigenvalue weighted by molar-refractivity contribution is 6.07. The number of rotatable bonds is 18. The number of ketones is 1. The second-order valence-corrected chi connectivity index (χ2v) is 8.59. The zero-order valence-corrected chi connectivity index (χ0v) is 21.3. The lowest BCUT2D eigenvalue weighted by atomic mass is 10.1. The van der Waals surface area contributed by atoms with Crippen LogP contribution in [-0.4, -0.2) is 25.6 Å². The first-order valence-electron chi connectivity index (χ1n) is 13.0. The maximum atomic E-state index is 12.9. The number of ether oxygens (including phenoxy) is 3. The summed E-state index contributed by atoms with van der Waals surface area (Å²) in [5.41, 5.74) is 1.46. The van der Waals surface area contributed by atoms with Gasteiger partial charge in [0.05, 0.1) is 19.8 Å². The Morgan fingerprint density at radius 2 is 1.29 bits per heavy atom. The van der Waals surface area contributed by atoms with Crippen LogP contribution in [-0.2, 0) is 0 Å². The van der Waals surface area contributed by atoms with Crippen LogP contribution in [0.5, 0.6) is 17.2 Å². The molecule has 0 saturated heterocycles. The molecule has 0 aliphatic heterocycles. The summed E-state index contributed by atoms with van der Waals surface area (Å²) in [6, 6.07) is 13.2. The van der Waals surface area contributed by atoms with Gasteiger partial charge in [0, 0.05) is 11.1 Å². The predicted molar refractivity (Wildman–Crippen MR) is 141 cm³/mol. The van der Waals surface area contributed by atoms with Crippen molar-refractivity contribution in [3.63, 3.8) is 0 Å². The Balaban J connectivity index is 2.09. The van der Waals surface area contributed by atoms with Gasteiger partial charge in [0.2, 0.25) is 0 Å². The molecule has 0 radical (unpaired) electrons. The van der Waals surface area contributed by atoms with Crippen molar-refractivity contribution in [3.8, 4) is 17.2 Å². The molecule has 34 heavy (non-hydrogen) atoms. The van der Waals surface area contributed by atoms with Crippen molar-refractivity contribution < 1.29 is 19.0 Å². The van der Waals surface area contributed by atoms with Gasteiger partial charge in [0.25, 0.3) is 0 Å². The van der Waals surface area contributed by atoms with Crippen molar-refractivity contribution in [2.24, 2.45) is 0 Å². The number of carbonyl (C=O) groups excluding carboxylic acids is 1. The van der Waals surface area contributed by atoms with Crippen LogP contribution in [0.1, 0.15) is 94.5 Å². The summed E-state index contributed by atoms with van der Waals surface area (Å²) in [5.74, 6) is 2.24. The van der Waals surface area contributed by atoms with Crippen LogP contribution < -0.4 is 14.2 Å². The molecule has 0 heterocycles. The molecule has 4 heteroatoms. The molecule has 0 spiro atoms. The van der Waals surface area contributed by atoms with Crippen molar-refractivity contribution in [2.45, 2.75) is 78.6 Å². The third-order valence-corrected chi connectivity index (χ3v) is 5.55. The zero-order valence-electron chi connectivity index (χ0n) is 21.3. The van der Waals surface area contributed by atoms with Gasteiger partial charge in [-0.2, -0.15) is 0 Å². The number of carbonyl (C=O) groups is 1. The maximum Gasteiger partial charge on any atom is 0.185 e. The summed E-state index contributed by atoms with van der Waals surface area (Å²) < 4.78 is 17.7. The third-order valence-electron chi connectivity index (χ3n) is 5.55. The number of hydrogen-bond donors (Lipinski definition) is 0. The summed E-state index contributed by atoms with van der Waals surface area (Å²) in [7, 11) is 0. The average Bonchev–Trinajstić information content (AvgIpc) is 2.86. The highest BCUT2D eigenvalue weighted by Gasteiger charge is 2.08. The van der Waals surface area contributed by atoms with Gasteiger partial charge < -0.3 is 14.2 Å². The van der Waals surface area contributed by atoms with Gasteiger partial charge in [-0.15, -0.1) is 0 Å². The molecule has 2 aromatic carbocycles. The summed E-state index contributed by atoms with van der Waals surface area (Å²) in [6.07, 6.45) is 13.4. The lowest BCUT2D eigenvalue weighted by Crippen LogP contribution is -2.01. The molecule has 0 amide bonds. The second-order valence-electron chi connectivity index (χ2n) is 8.59. The molecule has 0 bridgehead atoms. The van der Waals surface area contributed by atoms with Crippen molar-refractivity contribution >= 4 is 11.9 Å². The van der Waals surface area contributed by atoms with E-state index >= 15 is 0 Å². The summed E-state index contributed by atoms with van der Waals surface area (Å²) in [5, 5.41) is 0. The first kappa shape index (κ1) is 27.5. The largest absolute Gasteiger partial charge is 0.494 e. The highest BCUT2D eigenvalue weighted by Crippen LogP contribution is 2.27. The van der Waals surface area contributed by atoms with Crippen molar-refractivity contribution in [2.75, 3.05) is 19.8 Å². The fraction of sp³-hybridized carbons (Fsp3) is 0.500. The Labute approximate surface area is 206 Å². The van der Waals surface area contributed by atoms with Gasteiger partial charge in [-0.1, -0.05) is 71.4 Å². The number of hydrogen-bond acceptors (Lipinski definition) is 4. The van der Waals surface area contributed by atoms with Gasteiger partial charge in [-0.05, 0) is 61.7 Å². The molecule has 4 nitrogen and oxygen atoms in total. The standard InChI is InChI=1S/C30H42O4/c1-4-7-10-20-32-27-15-13-14-25(23-27)29(31)18-16-26-24-28(33-21-11-8-5-2)17-19-30(26)34-22-12-9-6-3/h13-19,23-24H,4-12,20-22H2,1-3H3. The number of benzene rings is 2. The van der Waals surface area contributed by atoms with Gasteiger partial charge in [0.15, 0.2) is 5.78 Å². The SMILES string of the molecule is CCCCCOc1cccc(C(=O)C=Cc2cc(OCCCCC)ccc2OCCCCC)c1. The smallest absolute Gasteiger partial charge is 0.185 e. The first-order chi connectivity index (χ1) is 16.7. The van der Waals surface area contributed by atoms with E-state index < -0.39 is 0 Å². The summed E-state index contributed by atoms with van der Waals surface area (Å²) in [6.45, 7) is 8.55. The molecule has 2 rings (SSSR count). The second kappa shape index (κ2) is 16.8. The van der Waals surface area contributed by atoms with Crippen molar-refractivity contribution in [1.82, 2.24) is 0 Å². The highest BCUT2D eigenvalue weighted by atomic mass is 16.5. The molecule has 0 unspecified atom stereocenters. The van der Waals surface area contributed by atoms with E-state index in [0.717, 1.165) is 80.6 Å². The van der Waals surface area contributed by atoms with E-state index in [0.29, 0.717) is 25.4 Å². The molecule has 186 valence electrons. The molecule has 0 aromatic heterocycles. The van der Waals surface area contributed by atoms with Crippen LogP contribution in [0.25, 0.3) is 6.08 Å². The molecular formula is C30H42O4. The number of allylic oxidation sites excluding steroid dienone is 1. The molecule has 0 fully saturated rings. The minimum atomic E-state index is -0.0646. The number of unbranched alkanes of at least 4 members (excludes halogenated alkanes) is 6. The van der Waals surface area contributed by atoms with Crippen molar-refractivity contribution in [3.05, 3.63) is 59.7 Å². The van der Waals surface area contributed by atoms with Gasteiger partial charge >= 0.3 is 0 Å². The minimum absolute atomic E-state index is 0.0646. The van der Waals surface area contributed by atoms with E-state index in [-0.39, 0.29) is 5.78 Å². The predicted octanol–water partition coefficient (Wildman–Crippen LogP) is 8.29. The normalized spacial score (nSPS) is 11.0. The van der Waals surface area contributed by atoms with Crippen molar-refractivity contribution in [1.29, 1.82) is 0 Å². The fourth-order valence-electron chi connectivity index (χ4n) is 3.50. The lowest BCUT2D eigenvalue weighted by Gasteiger charge is -2.12. The third kappa shape index (κ3) is 10.5. The summed E-state index contributed by atoms with van der Waals surface area (Å²) in [4.78, 5) is 12.9. The average molecular weight is 467 g/mol. The fourth-order valence-corrected chi connectivity index (χ4v) is 3.50. The van der Waals surface area contributed by atoms with Gasteiger partial charge in [-0.3, -0.25) is 4.79 Å². The maximum absolute atomic E-state index is 12.9. The Hall–Kier alpha value is -2.75. The Morgan fingerprint density at radius 1 is 0.706 bits per heavy atom. The monoisotopic (exact) mass is 466 g/mol. The van der Waals surface area contributed by atoms with Gasteiger partial charge in [-0.25, -0.2) is 0 Å². The minimum Gasteiger partial charge on any atom is -0.494 e. The first-order valence-corrected chi connectivity index (χ1v) is 13.0. The molecule has 0 N–H and O–H groups in total. The molecule has 0 aliphatic carbocycles. The molecule has 0 atom stereocenters. The van der Waals surface area contributed by atoms with Crippen LogP contribution in [0.4, 0.5) is 0 Å². The summed E-state index contributed by atoms with van der Waals surface area (Å²) >= 11 is 0.